The summed E-state index contributed by atoms with van der Waals surface area (Å²) in [5.41, 5.74) is 7.77. The van der Waals surface area contributed by atoms with Crippen LogP contribution in [0.15, 0.2) is 146 Å². The quantitative estimate of drug-likeness (QED) is 0.0817. The van der Waals surface area contributed by atoms with Crippen LogP contribution < -0.4 is 25.0 Å². The lowest BCUT2D eigenvalue weighted by Crippen LogP contribution is -2.42. The van der Waals surface area contributed by atoms with Crippen LogP contribution in [-0.2, 0) is 38.7 Å². The van der Waals surface area contributed by atoms with Gasteiger partial charge in [-0.15, -0.1) is 0 Å². The van der Waals surface area contributed by atoms with Crippen molar-refractivity contribution in [2.24, 2.45) is 10.8 Å². The van der Waals surface area contributed by atoms with Crippen molar-refractivity contribution in [2.45, 2.75) is 79.3 Å². The van der Waals surface area contributed by atoms with E-state index < -0.39 is 22.7 Å². The zero-order valence-electron chi connectivity index (χ0n) is 45.3. The van der Waals surface area contributed by atoms with E-state index in [2.05, 4.69) is 17.4 Å². The van der Waals surface area contributed by atoms with Gasteiger partial charge in [-0.1, -0.05) is 151 Å². The monoisotopic (exact) mass is 1120 g/mol. The molecule has 0 unspecified atom stereocenters. The highest BCUT2D eigenvalue weighted by Gasteiger charge is 2.37. The number of hydrogen-bond acceptors (Lipinski definition) is 12. The summed E-state index contributed by atoms with van der Waals surface area (Å²) in [5.74, 6) is 0.627. The molecule has 3 aliphatic rings. The Morgan fingerprint density at radius 3 is 1.27 bits per heavy atom. The average Bonchev–Trinajstić information content (AvgIpc) is 3.86. The number of nitrogens with zero attached hydrogens (tertiary/aromatic N) is 2. The van der Waals surface area contributed by atoms with E-state index in [0.29, 0.717) is 61.0 Å². The number of hydrogen-bond donors (Lipinski definition) is 3. The predicted octanol–water partition coefficient (Wildman–Crippen LogP) is 10.3. The van der Waals surface area contributed by atoms with Crippen molar-refractivity contribution in [2.75, 3.05) is 34.0 Å². The van der Waals surface area contributed by atoms with E-state index in [1.165, 1.54) is 19.8 Å². The Bertz CT molecular complexity index is 2830. The second-order valence-corrected chi connectivity index (χ2v) is 20.4. The van der Waals surface area contributed by atoms with Gasteiger partial charge in [-0.25, -0.2) is 15.1 Å². The normalized spacial score (nSPS) is 16.2. The Hall–Kier alpha value is -6.96. The molecule has 3 amide bonds. The molecule has 0 aromatic heterocycles. The standard InChI is InChI=1S/C22H25NO4.C21H24N2O4.C17H17NO3.3H2S/c1-22(2,3)21(25)23-13-17-11-10-16(20(24)26-4)12-19(17)27-14-18(23)15-8-6-5-7-9-15;1-21(2,3)20(25)23-12-16-10-9-15(19(24)22-26)11-18(16)27-13-17(23)14-7-5-4-6-8-14;1-20-17(19)13-7-8-14-10-18-15(11-21-16(14)9-13)12-5-3-2-4-6-12;;;/h5-12,18H,13-14H2,1-4H3;4-11,17,26H,12-13H2,1-3H3,(H,22,24);2-9,15,18H,10-11H2,1H3;3*1H2/t18-;17-;15-;;;/m111.../s1. The lowest BCUT2D eigenvalue weighted by atomic mass is 9.92. The van der Waals surface area contributed by atoms with Crippen molar-refractivity contribution >= 4 is 70.1 Å². The van der Waals surface area contributed by atoms with E-state index in [0.717, 1.165) is 33.6 Å². The van der Waals surface area contributed by atoms with Crippen molar-refractivity contribution in [1.29, 1.82) is 0 Å². The van der Waals surface area contributed by atoms with Gasteiger partial charge in [-0.3, -0.25) is 19.6 Å². The van der Waals surface area contributed by atoms with Gasteiger partial charge in [0.15, 0.2) is 0 Å². The number of carbonyl (C=O) groups excluding carboxylic acids is 5. The smallest absolute Gasteiger partial charge is 0.337 e. The predicted molar refractivity (Wildman–Crippen MR) is 313 cm³/mol. The summed E-state index contributed by atoms with van der Waals surface area (Å²) in [6, 6.07) is 45.2. The third kappa shape index (κ3) is 15.8. The minimum atomic E-state index is -0.604. The van der Waals surface area contributed by atoms with Crippen LogP contribution in [0.4, 0.5) is 0 Å². The topological polar surface area (TPSA) is 182 Å². The van der Waals surface area contributed by atoms with Crippen LogP contribution in [0.3, 0.4) is 0 Å². The number of ether oxygens (including phenoxy) is 5. The summed E-state index contributed by atoms with van der Waals surface area (Å²) in [5, 5.41) is 12.3. The first-order chi connectivity index (χ1) is 35.9. The van der Waals surface area contributed by atoms with Gasteiger partial charge in [0.1, 0.15) is 37.1 Å². The SMILES string of the molecule is CC(C)(C)C(=O)N1Cc2ccc(C(=O)NO)cc2OC[C@@H]1c1ccccc1.COC(=O)c1ccc2c(c1)OC[C@H](c1ccccc1)N(C(=O)C(C)(C)C)C2.COC(=O)c1ccc2c(c1)OC[C@H](c1ccccc1)NC2.S.S.S. The van der Waals surface area contributed by atoms with E-state index in [1.807, 2.05) is 142 Å². The largest absolute Gasteiger partial charge is 0.491 e. The van der Waals surface area contributed by atoms with Gasteiger partial charge in [0.05, 0.1) is 56.6 Å². The van der Waals surface area contributed by atoms with Gasteiger partial charge < -0.3 is 38.8 Å². The number of benzene rings is 6. The number of hydroxylamine groups is 1. The molecular formula is C60H72N4O11S3. The van der Waals surface area contributed by atoms with Gasteiger partial charge >= 0.3 is 11.9 Å². The van der Waals surface area contributed by atoms with Crippen molar-refractivity contribution in [3.63, 3.8) is 0 Å². The molecule has 15 nitrogen and oxygen atoms in total. The molecule has 3 atom stereocenters. The van der Waals surface area contributed by atoms with Crippen LogP contribution in [0.1, 0.15) is 124 Å². The maximum atomic E-state index is 13.2. The highest BCUT2D eigenvalue weighted by Crippen LogP contribution is 2.37. The van der Waals surface area contributed by atoms with Crippen molar-refractivity contribution in [3.05, 3.63) is 196 Å². The van der Waals surface area contributed by atoms with Crippen molar-refractivity contribution in [1.82, 2.24) is 20.6 Å². The number of rotatable bonds is 6. The Morgan fingerprint density at radius 1 is 0.513 bits per heavy atom. The Morgan fingerprint density at radius 2 is 0.872 bits per heavy atom. The molecule has 0 radical (unpaired) electrons. The average molecular weight is 1120 g/mol. The first-order valence-corrected chi connectivity index (χ1v) is 24.8. The second kappa shape index (κ2) is 28.6. The zero-order chi connectivity index (χ0) is 53.9. The molecule has 0 aliphatic carbocycles. The molecule has 9 rings (SSSR count). The number of methoxy groups -OCH3 is 2. The van der Waals surface area contributed by atoms with E-state index in [9.17, 15) is 24.0 Å². The molecule has 0 saturated heterocycles. The maximum absolute atomic E-state index is 13.2. The third-order valence-electron chi connectivity index (χ3n) is 13.0. The summed E-state index contributed by atoms with van der Waals surface area (Å²) in [4.78, 5) is 65.2. The third-order valence-corrected chi connectivity index (χ3v) is 13.0. The Labute approximate surface area is 478 Å². The van der Waals surface area contributed by atoms with E-state index in [4.69, 9.17) is 28.9 Å². The number of amides is 3. The van der Waals surface area contributed by atoms with Crippen LogP contribution >= 0.6 is 40.5 Å². The van der Waals surface area contributed by atoms with Crippen molar-refractivity contribution in [3.8, 4) is 17.2 Å². The fourth-order valence-electron chi connectivity index (χ4n) is 8.83. The molecule has 6 aromatic carbocycles. The molecule has 0 saturated carbocycles. The van der Waals surface area contributed by atoms with Crippen LogP contribution in [-0.4, -0.2) is 78.7 Å². The zero-order valence-corrected chi connectivity index (χ0v) is 48.3. The Balaban J connectivity index is 0.000000250. The number of carbonyl (C=O) groups is 5. The molecule has 0 bridgehead atoms. The molecule has 3 aliphatic heterocycles. The van der Waals surface area contributed by atoms with Crippen LogP contribution in [0.5, 0.6) is 17.2 Å². The lowest BCUT2D eigenvalue weighted by Gasteiger charge is -2.34. The molecular weight excluding hydrogens is 1050 g/mol. The number of nitrogens with one attached hydrogen (secondary N) is 2. The second-order valence-electron chi connectivity index (χ2n) is 20.4. The summed E-state index contributed by atoms with van der Waals surface area (Å²) in [6.07, 6.45) is 0. The van der Waals surface area contributed by atoms with Gasteiger partial charge in [0.2, 0.25) is 11.8 Å². The fraction of sp³-hybridized carbons (Fsp3) is 0.317. The summed E-state index contributed by atoms with van der Waals surface area (Å²) >= 11 is 0. The molecule has 6 aromatic rings. The maximum Gasteiger partial charge on any atom is 0.337 e. The van der Waals surface area contributed by atoms with E-state index in [-0.39, 0.29) is 83.0 Å². The molecule has 3 N–H and O–H groups in total. The van der Waals surface area contributed by atoms with Gasteiger partial charge in [0, 0.05) is 39.6 Å². The number of esters is 2. The minimum Gasteiger partial charge on any atom is -0.491 e. The summed E-state index contributed by atoms with van der Waals surface area (Å²) in [7, 11) is 2.73. The molecule has 78 heavy (non-hydrogen) atoms. The fourth-order valence-corrected chi connectivity index (χ4v) is 8.83. The van der Waals surface area contributed by atoms with Crippen LogP contribution in [0, 0.1) is 10.8 Å². The highest BCUT2D eigenvalue weighted by molar-refractivity contribution is 7.59. The van der Waals surface area contributed by atoms with E-state index in [1.54, 1.807) is 47.9 Å². The highest BCUT2D eigenvalue weighted by atomic mass is 32.1. The molecule has 0 fully saturated rings. The van der Waals surface area contributed by atoms with Crippen LogP contribution in [0.25, 0.3) is 0 Å². The van der Waals surface area contributed by atoms with Gasteiger partial charge in [-0.2, -0.15) is 40.5 Å². The molecule has 3 heterocycles. The molecule has 416 valence electrons. The van der Waals surface area contributed by atoms with Crippen LogP contribution in [0.2, 0.25) is 0 Å². The Kier molecular flexibility index (Phi) is 23.3. The number of fused-ring (bicyclic) bond motifs is 3. The summed E-state index contributed by atoms with van der Waals surface area (Å²) < 4.78 is 27.4. The molecule has 0 spiro atoms. The first-order valence-electron chi connectivity index (χ1n) is 24.8. The van der Waals surface area contributed by atoms with Crippen molar-refractivity contribution < 1.29 is 52.9 Å². The van der Waals surface area contributed by atoms with Gasteiger partial charge in [-0.05, 0) is 53.1 Å². The van der Waals surface area contributed by atoms with Gasteiger partial charge in [0.25, 0.3) is 5.91 Å². The van der Waals surface area contributed by atoms with E-state index >= 15 is 0 Å². The first kappa shape index (κ1) is 63.6. The lowest BCUT2D eigenvalue weighted by molar-refractivity contribution is -0.143. The summed E-state index contributed by atoms with van der Waals surface area (Å²) in [6.45, 7) is 14.1. The minimum absolute atomic E-state index is 0. The molecule has 18 heteroatoms.